The Morgan fingerprint density at radius 2 is 2.05 bits per heavy atom. The van der Waals surface area contributed by atoms with E-state index in [2.05, 4.69) is 42.7 Å². The Morgan fingerprint density at radius 3 is 2.63 bits per heavy atom. The maximum atomic E-state index is 5.71. The number of hydrogen-bond donors (Lipinski definition) is 1. The number of rotatable bonds is 6. The minimum atomic E-state index is 0.358. The van der Waals surface area contributed by atoms with E-state index in [1.54, 1.807) is 0 Å². The third-order valence-corrected chi connectivity index (χ3v) is 5.39. The molecular formula is C15H30N2OS. The molecule has 0 aromatic carbocycles. The van der Waals surface area contributed by atoms with Crippen LogP contribution in [0.3, 0.4) is 0 Å². The van der Waals surface area contributed by atoms with Crippen molar-refractivity contribution in [3.05, 3.63) is 0 Å². The van der Waals surface area contributed by atoms with Gasteiger partial charge in [-0.05, 0) is 19.4 Å². The van der Waals surface area contributed by atoms with Crippen molar-refractivity contribution in [2.45, 2.75) is 44.1 Å². The van der Waals surface area contributed by atoms with Crippen LogP contribution in [0.1, 0.15) is 33.6 Å². The summed E-state index contributed by atoms with van der Waals surface area (Å²) < 4.78 is 5.71. The van der Waals surface area contributed by atoms with Crippen molar-refractivity contribution >= 4 is 11.8 Å². The number of nitrogens with zero attached hydrogens (tertiary/aromatic N) is 1. The highest BCUT2D eigenvalue weighted by Gasteiger charge is 2.37. The second-order valence-corrected chi connectivity index (χ2v) is 8.31. The Bertz CT molecular complexity index is 259. The van der Waals surface area contributed by atoms with Crippen molar-refractivity contribution in [2.75, 3.05) is 45.9 Å². The van der Waals surface area contributed by atoms with Crippen LogP contribution in [-0.2, 0) is 4.74 Å². The summed E-state index contributed by atoms with van der Waals surface area (Å²) in [7, 11) is 0. The molecule has 0 aliphatic carbocycles. The molecule has 0 aromatic heterocycles. The van der Waals surface area contributed by atoms with Gasteiger partial charge >= 0.3 is 0 Å². The van der Waals surface area contributed by atoms with Gasteiger partial charge in [0.05, 0.1) is 6.61 Å². The largest absolute Gasteiger partial charge is 0.381 e. The Morgan fingerprint density at radius 1 is 1.32 bits per heavy atom. The second-order valence-electron chi connectivity index (χ2n) is 6.43. The van der Waals surface area contributed by atoms with Gasteiger partial charge in [0.2, 0.25) is 0 Å². The maximum Gasteiger partial charge on any atom is 0.0547 e. The SMILES string of the molecule is CCCNCC1(CN2CC(C)SC(C)C2)CCOC1. The van der Waals surface area contributed by atoms with Gasteiger partial charge in [0.1, 0.15) is 0 Å². The van der Waals surface area contributed by atoms with E-state index in [0.717, 1.165) is 36.8 Å². The molecule has 2 aliphatic heterocycles. The molecule has 0 bridgehead atoms. The van der Waals surface area contributed by atoms with Crippen LogP contribution < -0.4 is 5.32 Å². The predicted octanol–water partition coefficient (Wildman–Crippen LogP) is 2.22. The third-order valence-electron chi connectivity index (χ3n) is 4.17. The average molecular weight is 286 g/mol. The Hall–Kier alpha value is 0.230. The maximum absolute atomic E-state index is 5.71. The van der Waals surface area contributed by atoms with Crippen molar-refractivity contribution in [3.63, 3.8) is 0 Å². The van der Waals surface area contributed by atoms with E-state index < -0.39 is 0 Å². The zero-order valence-corrected chi connectivity index (χ0v) is 13.6. The summed E-state index contributed by atoms with van der Waals surface area (Å²) in [6.07, 6.45) is 2.43. The molecule has 112 valence electrons. The molecule has 0 radical (unpaired) electrons. The first-order chi connectivity index (χ1) is 9.13. The van der Waals surface area contributed by atoms with Crippen LogP contribution in [0.25, 0.3) is 0 Å². The van der Waals surface area contributed by atoms with E-state index in [4.69, 9.17) is 4.74 Å². The molecule has 2 saturated heterocycles. The smallest absolute Gasteiger partial charge is 0.0547 e. The number of ether oxygens (including phenoxy) is 1. The van der Waals surface area contributed by atoms with E-state index >= 15 is 0 Å². The van der Waals surface area contributed by atoms with Crippen LogP contribution in [-0.4, -0.2) is 61.3 Å². The molecule has 1 N–H and O–H groups in total. The molecule has 2 fully saturated rings. The van der Waals surface area contributed by atoms with Crippen LogP contribution in [0.15, 0.2) is 0 Å². The van der Waals surface area contributed by atoms with Gasteiger partial charge in [-0.1, -0.05) is 20.8 Å². The molecule has 0 amide bonds. The summed E-state index contributed by atoms with van der Waals surface area (Å²) in [5.41, 5.74) is 0.358. The lowest BCUT2D eigenvalue weighted by Gasteiger charge is -2.40. The molecule has 3 atom stereocenters. The van der Waals surface area contributed by atoms with Crippen molar-refractivity contribution in [1.29, 1.82) is 0 Å². The average Bonchev–Trinajstić information content (AvgIpc) is 2.77. The van der Waals surface area contributed by atoms with Crippen molar-refractivity contribution < 1.29 is 4.74 Å². The van der Waals surface area contributed by atoms with Crippen LogP contribution >= 0.6 is 11.8 Å². The lowest BCUT2D eigenvalue weighted by Crippen LogP contribution is -2.49. The quantitative estimate of drug-likeness (QED) is 0.757. The van der Waals surface area contributed by atoms with Crippen molar-refractivity contribution in [3.8, 4) is 0 Å². The number of thioether (sulfide) groups is 1. The Balaban J connectivity index is 1.88. The van der Waals surface area contributed by atoms with E-state index in [1.807, 2.05) is 0 Å². The standard InChI is InChI=1S/C15H30N2OS/c1-4-6-16-10-15(5-7-18-12-15)11-17-8-13(2)19-14(3)9-17/h13-14,16H,4-12H2,1-3H3. The first kappa shape index (κ1) is 15.6. The van der Waals surface area contributed by atoms with Crippen LogP contribution in [0.4, 0.5) is 0 Å². The second kappa shape index (κ2) is 7.30. The first-order valence-electron chi connectivity index (χ1n) is 7.80. The highest BCUT2D eigenvalue weighted by atomic mass is 32.2. The zero-order valence-electron chi connectivity index (χ0n) is 12.8. The van der Waals surface area contributed by atoms with Gasteiger partial charge in [0.15, 0.2) is 0 Å². The van der Waals surface area contributed by atoms with Crippen LogP contribution in [0, 0.1) is 5.41 Å². The lowest BCUT2D eigenvalue weighted by atomic mass is 9.86. The highest BCUT2D eigenvalue weighted by molar-refractivity contribution is 8.00. The monoisotopic (exact) mass is 286 g/mol. The molecular weight excluding hydrogens is 256 g/mol. The van der Waals surface area contributed by atoms with Crippen molar-refractivity contribution in [2.24, 2.45) is 5.41 Å². The molecule has 3 nitrogen and oxygen atoms in total. The summed E-state index contributed by atoms with van der Waals surface area (Å²) >= 11 is 2.13. The molecule has 4 heteroatoms. The molecule has 2 heterocycles. The van der Waals surface area contributed by atoms with E-state index in [-0.39, 0.29) is 0 Å². The fraction of sp³-hybridized carbons (Fsp3) is 1.00. The van der Waals surface area contributed by atoms with Gasteiger partial charge in [-0.15, -0.1) is 0 Å². The normalized spacial score (nSPS) is 36.8. The molecule has 2 rings (SSSR count). The van der Waals surface area contributed by atoms with E-state index in [9.17, 15) is 0 Å². The topological polar surface area (TPSA) is 24.5 Å². The minimum Gasteiger partial charge on any atom is -0.381 e. The fourth-order valence-electron chi connectivity index (χ4n) is 3.39. The van der Waals surface area contributed by atoms with E-state index in [1.165, 1.54) is 32.5 Å². The number of nitrogens with one attached hydrogen (secondary N) is 1. The van der Waals surface area contributed by atoms with Gasteiger partial charge in [-0.3, -0.25) is 0 Å². The molecule has 2 aliphatic rings. The number of hydrogen-bond acceptors (Lipinski definition) is 4. The van der Waals surface area contributed by atoms with Gasteiger partial charge in [-0.2, -0.15) is 11.8 Å². The van der Waals surface area contributed by atoms with Gasteiger partial charge < -0.3 is 15.0 Å². The first-order valence-corrected chi connectivity index (χ1v) is 8.74. The van der Waals surface area contributed by atoms with E-state index in [0.29, 0.717) is 5.41 Å². The molecule has 19 heavy (non-hydrogen) atoms. The van der Waals surface area contributed by atoms with Crippen LogP contribution in [0.2, 0.25) is 0 Å². The summed E-state index contributed by atoms with van der Waals surface area (Å²) in [4.78, 5) is 2.67. The summed E-state index contributed by atoms with van der Waals surface area (Å²) in [6, 6.07) is 0. The summed E-state index contributed by atoms with van der Waals surface area (Å²) in [5.74, 6) is 0. The third kappa shape index (κ3) is 4.62. The summed E-state index contributed by atoms with van der Waals surface area (Å²) in [6.45, 7) is 14.8. The zero-order chi connectivity index (χ0) is 13.7. The minimum absolute atomic E-state index is 0.358. The van der Waals surface area contributed by atoms with Crippen LogP contribution in [0.5, 0.6) is 0 Å². The highest BCUT2D eigenvalue weighted by Crippen LogP contribution is 2.32. The van der Waals surface area contributed by atoms with Gasteiger partial charge in [-0.25, -0.2) is 0 Å². The van der Waals surface area contributed by atoms with Gasteiger partial charge in [0.25, 0.3) is 0 Å². The molecule has 0 aromatic rings. The van der Waals surface area contributed by atoms with Crippen molar-refractivity contribution in [1.82, 2.24) is 10.2 Å². The van der Waals surface area contributed by atoms with Gasteiger partial charge in [0, 0.05) is 48.7 Å². The summed E-state index contributed by atoms with van der Waals surface area (Å²) in [5, 5.41) is 5.16. The molecule has 0 saturated carbocycles. The predicted molar refractivity (Wildman–Crippen MR) is 84.0 cm³/mol. The Labute approximate surface area is 122 Å². The molecule has 3 unspecified atom stereocenters. The lowest BCUT2D eigenvalue weighted by molar-refractivity contribution is 0.107. The Kier molecular flexibility index (Phi) is 6.00. The molecule has 0 spiro atoms. The fourth-order valence-corrected chi connectivity index (χ4v) is 4.77.